The Hall–Kier alpha value is -1.21. The number of unbranched alkanes of at least 4 members (excludes halogenated alkanes) is 11. The summed E-state index contributed by atoms with van der Waals surface area (Å²) in [7, 11) is -4.54. The van der Waals surface area contributed by atoms with Gasteiger partial charge in [0.15, 0.2) is 0 Å². The highest BCUT2D eigenvalue weighted by molar-refractivity contribution is 7.46. The van der Waals surface area contributed by atoms with Crippen molar-refractivity contribution in [2.75, 3.05) is 13.2 Å². The van der Waals surface area contributed by atoms with Gasteiger partial charge in [0.25, 0.3) is 0 Å². The average molecular weight is 449 g/mol. The van der Waals surface area contributed by atoms with Crippen LogP contribution in [0, 0.1) is 0 Å². The van der Waals surface area contributed by atoms with Gasteiger partial charge in [0.1, 0.15) is 0 Å². The van der Waals surface area contributed by atoms with Crippen LogP contribution < -0.4 is 10.6 Å². The SMILES string of the molecule is CCCCCCCC/C=C\CCCCCCCC(=O)NC(=O)NCCOP(=O)(O)O. The molecular weight excluding hydrogens is 407 g/mol. The largest absolute Gasteiger partial charge is 0.469 e. The van der Waals surface area contributed by atoms with Gasteiger partial charge in [0.2, 0.25) is 5.91 Å². The molecule has 0 unspecified atom stereocenters. The molecule has 4 N–H and O–H groups in total. The lowest BCUT2D eigenvalue weighted by Gasteiger charge is -2.08. The van der Waals surface area contributed by atoms with Crippen LogP contribution in [-0.2, 0) is 13.9 Å². The van der Waals surface area contributed by atoms with E-state index in [2.05, 4.69) is 34.2 Å². The third-order valence-corrected chi connectivity index (χ3v) is 5.08. The van der Waals surface area contributed by atoms with E-state index in [4.69, 9.17) is 9.79 Å². The number of carbonyl (C=O) groups excluding carboxylic acids is 2. The Morgan fingerprint density at radius 1 is 0.867 bits per heavy atom. The van der Waals surface area contributed by atoms with Crippen LogP contribution in [0.1, 0.15) is 96.8 Å². The number of imide groups is 1. The van der Waals surface area contributed by atoms with Gasteiger partial charge in [0.05, 0.1) is 6.61 Å². The van der Waals surface area contributed by atoms with Gasteiger partial charge < -0.3 is 15.1 Å². The fraction of sp³-hybridized carbons (Fsp3) is 0.810. The van der Waals surface area contributed by atoms with Gasteiger partial charge in [-0.05, 0) is 32.1 Å². The molecule has 3 amide bonds. The number of allylic oxidation sites excluding steroid dienone is 2. The molecule has 0 radical (unpaired) electrons. The van der Waals surface area contributed by atoms with Gasteiger partial charge in [-0.2, -0.15) is 0 Å². The molecule has 0 saturated carbocycles. The lowest BCUT2D eigenvalue weighted by atomic mass is 10.1. The van der Waals surface area contributed by atoms with Gasteiger partial charge in [0, 0.05) is 13.0 Å². The maximum Gasteiger partial charge on any atom is 0.469 e. The van der Waals surface area contributed by atoms with Gasteiger partial charge in [-0.3, -0.25) is 14.6 Å². The highest BCUT2D eigenvalue weighted by Crippen LogP contribution is 2.35. The fourth-order valence-electron chi connectivity index (χ4n) is 2.92. The van der Waals surface area contributed by atoms with Crippen LogP contribution in [-0.4, -0.2) is 34.9 Å². The first-order valence-electron chi connectivity index (χ1n) is 11.3. The Kier molecular flexibility index (Phi) is 18.9. The van der Waals surface area contributed by atoms with Crippen molar-refractivity contribution in [3.05, 3.63) is 12.2 Å². The summed E-state index contributed by atoms with van der Waals surface area (Å²) in [6, 6.07) is -0.693. The number of rotatable bonds is 19. The summed E-state index contributed by atoms with van der Waals surface area (Å²) in [5, 5.41) is 4.47. The van der Waals surface area contributed by atoms with Crippen LogP contribution in [0.5, 0.6) is 0 Å². The van der Waals surface area contributed by atoms with Crippen molar-refractivity contribution in [1.82, 2.24) is 10.6 Å². The van der Waals surface area contributed by atoms with E-state index in [0.717, 1.165) is 38.5 Å². The molecule has 8 nitrogen and oxygen atoms in total. The minimum absolute atomic E-state index is 0.0996. The number of carbonyl (C=O) groups is 2. The zero-order valence-electron chi connectivity index (χ0n) is 18.4. The Balaban J connectivity index is 3.41. The smallest absolute Gasteiger partial charge is 0.335 e. The second-order valence-corrected chi connectivity index (χ2v) is 8.70. The molecule has 0 bridgehead atoms. The van der Waals surface area contributed by atoms with Gasteiger partial charge in [-0.25, -0.2) is 9.36 Å². The van der Waals surface area contributed by atoms with Crippen LogP contribution in [0.4, 0.5) is 4.79 Å². The normalized spacial score (nSPS) is 11.7. The summed E-state index contributed by atoms with van der Waals surface area (Å²) >= 11 is 0. The Morgan fingerprint density at radius 2 is 1.40 bits per heavy atom. The van der Waals surface area contributed by atoms with E-state index in [0.29, 0.717) is 0 Å². The molecule has 0 aliphatic rings. The Morgan fingerprint density at radius 3 is 1.97 bits per heavy atom. The molecule has 0 aliphatic heterocycles. The Labute approximate surface area is 181 Å². The quantitative estimate of drug-likeness (QED) is 0.126. The molecule has 0 rings (SSSR count). The molecular formula is C21H41N2O6P. The van der Waals surface area contributed by atoms with Crippen molar-refractivity contribution < 1.29 is 28.5 Å². The van der Waals surface area contributed by atoms with Crippen LogP contribution in [0.25, 0.3) is 0 Å². The van der Waals surface area contributed by atoms with E-state index in [1.807, 2.05) is 0 Å². The van der Waals surface area contributed by atoms with Crippen molar-refractivity contribution in [3.63, 3.8) is 0 Å². The molecule has 0 aromatic carbocycles. The van der Waals surface area contributed by atoms with Gasteiger partial charge in [-0.1, -0.05) is 70.4 Å². The standard InChI is InChI=1S/C21H41N2O6P/c1-2-3-4-5-6-7-8-9-10-11-12-13-14-15-16-17-20(24)23-21(25)22-18-19-29-30(26,27)28/h9-10H,2-8,11-19H2,1H3,(H2,26,27,28)(H2,22,23,24,25)/b10-9-. The van der Waals surface area contributed by atoms with E-state index in [-0.39, 0.29) is 25.5 Å². The van der Waals surface area contributed by atoms with Gasteiger partial charge in [-0.15, -0.1) is 0 Å². The summed E-state index contributed by atoms with van der Waals surface area (Å²) in [5.74, 6) is -0.360. The molecule has 0 atom stereocenters. The minimum atomic E-state index is -4.54. The number of amides is 3. The van der Waals surface area contributed by atoms with Crippen molar-refractivity contribution in [2.45, 2.75) is 96.8 Å². The first-order valence-corrected chi connectivity index (χ1v) is 12.8. The average Bonchev–Trinajstić information content (AvgIpc) is 2.67. The number of nitrogens with one attached hydrogen (secondary N) is 2. The predicted molar refractivity (Wildman–Crippen MR) is 119 cm³/mol. The molecule has 0 spiro atoms. The molecule has 0 fully saturated rings. The summed E-state index contributed by atoms with van der Waals surface area (Å²) in [5.41, 5.74) is 0. The maximum absolute atomic E-state index is 11.6. The second-order valence-electron chi connectivity index (χ2n) is 7.46. The molecule has 30 heavy (non-hydrogen) atoms. The van der Waals surface area contributed by atoms with E-state index >= 15 is 0 Å². The van der Waals surface area contributed by atoms with E-state index in [1.54, 1.807) is 0 Å². The number of hydrogen-bond acceptors (Lipinski definition) is 4. The summed E-state index contributed by atoms with van der Waals surface area (Å²) in [6.45, 7) is 1.81. The maximum atomic E-state index is 11.6. The third kappa shape index (κ3) is 23.1. The second kappa shape index (κ2) is 19.7. The summed E-state index contributed by atoms with van der Waals surface area (Å²) in [6.07, 6.45) is 20.2. The topological polar surface area (TPSA) is 125 Å². The molecule has 176 valence electrons. The van der Waals surface area contributed by atoms with Crippen molar-refractivity contribution in [2.24, 2.45) is 0 Å². The first-order chi connectivity index (χ1) is 14.3. The van der Waals surface area contributed by atoms with Gasteiger partial charge >= 0.3 is 13.9 Å². The third-order valence-electron chi connectivity index (χ3n) is 4.57. The molecule has 0 aromatic rings. The van der Waals surface area contributed by atoms with E-state index < -0.39 is 13.9 Å². The molecule has 0 aromatic heterocycles. The molecule has 0 saturated heterocycles. The van der Waals surface area contributed by atoms with Crippen molar-refractivity contribution in [3.8, 4) is 0 Å². The fourth-order valence-corrected chi connectivity index (χ4v) is 3.25. The zero-order valence-corrected chi connectivity index (χ0v) is 19.3. The Bertz CT molecular complexity index is 522. The monoisotopic (exact) mass is 448 g/mol. The molecule has 0 heterocycles. The zero-order chi connectivity index (χ0) is 22.5. The van der Waals surface area contributed by atoms with Crippen LogP contribution in [0.3, 0.4) is 0 Å². The number of phosphoric ester groups is 1. The lowest BCUT2D eigenvalue weighted by Crippen LogP contribution is -2.40. The highest BCUT2D eigenvalue weighted by atomic mass is 31.2. The lowest BCUT2D eigenvalue weighted by molar-refractivity contribution is -0.120. The van der Waals surface area contributed by atoms with Crippen molar-refractivity contribution in [1.29, 1.82) is 0 Å². The molecule has 0 aliphatic carbocycles. The van der Waals surface area contributed by atoms with Crippen LogP contribution in [0.2, 0.25) is 0 Å². The van der Waals surface area contributed by atoms with Crippen LogP contribution >= 0.6 is 7.82 Å². The van der Waals surface area contributed by atoms with Crippen molar-refractivity contribution >= 4 is 19.8 Å². The number of phosphoric acid groups is 1. The van der Waals surface area contributed by atoms with E-state index in [1.165, 1.54) is 44.9 Å². The molecule has 9 heteroatoms. The summed E-state index contributed by atoms with van der Waals surface area (Å²) in [4.78, 5) is 40.1. The predicted octanol–water partition coefficient (Wildman–Crippen LogP) is 4.96. The first kappa shape index (κ1) is 28.8. The highest BCUT2D eigenvalue weighted by Gasteiger charge is 2.13. The minimum Gasteiger partial charge on any atom is -0.335 e. The number of hydrogen-bond donors (Lipinski definition) is 4. The number of urea groups is 1. The summed E-state index contributed by atoms with van der Waals surface area (Å²) < 4.78 is 14.6. The van der Waals surface area contributed by atoms with E-state index in [9.17, 15) is 14.2 Å². The van der Waals surface area contributed by atoms with Crippen LogP contribution in [0.15, 0.2) is 12.2 Å².